The Kier molecular flexibility index (Phi) is 10.0. The summed E-state index contributed by atoms with van der Waals surface area (Å²) in [6, 6.07) is 9.03. The number of rotatable bonds is 6. The second kappa shape index (κ2) is 15.0. The van der Waals surface area contributed by atoms with E-state index in [0.29, 0.717) is 16.9 Å². The van der Waals surface area contributed by atoms with E-state index < -0.39 is 70.5 Å². The molecule has 4 atom stereocenters. The van der Waals surface area contributed by atoms with Crippen LogP contribution < -0.4 is 18.9 Å². The van der Waals surface area contributed by atoms with Gasteiger partial charge in [-0.15, -0.1) is 0 Å². The molecular weight excluding hydrogens is 841 g/mol. The largest absolute Gasteiger partial charge is 0.507 e. The molecule has 0 aromatic heterocycles. The topological polar surface area (TPSA) is 228 Å². The van der Waals surface area contributed by atoms with Gasteiger partial charge in [-0.1, -0.05) is 6.07 Å². The Hall–Kier alpha value is -6.65. The molecule has 0 radical (unpaired) electrons. The lowest BCUT2D eigenvalue weighted by atomic mass is 9.64. The monoisotopic (exact) mass is 888 g/mol. The fraction of sp³-hybridized carbons (Fsp3) is 0.340. The van der Waals surface area contributed by atoms with Crippen molar-refractivity contribution in [3.63, 3.8) is 0 Å². The Labute approximate surface area is 373 Å². The average molecular weight is 889 g/mol. The van der Waals surface area contributed by atoms with Crippen LogP contribution in [0, 0.1) is 6.92 Å². The summed E-state index contributed by atoms with van der Waals surface area (Å²) in [7, 11) is 6.95. The summed E-state index contributed by atoms with van der Waals surface area (Å²) in [4.78, 5) is 42.7. The first-order chi connectivity index (χ1) is 30.7. The molecule has 0 fully saturated rings. The number of ether oxygens (including phenoxy) is 6. The number of carbonyl (C=O) groups excluding carboxylic acids is 3. The second-order valence-corrected chi connectivity index (χ2v) is 17.9. The van der Waals surface area contributed by atoms with E-state index >= 15 is 0 Å². The average Bonchev–Trinajstić information content (AvgIpc) is 3.27. The molecule has 4 unspecified atom stereocenters. The number of ketones is 2. The minimum Gasteiger partial charge on any atom is -0.507 e. The van der Waals surface area contributed by atoms with Gasteiger partial charge in [-0.25, -0.2) is 0 Å². The predicted octanol–water partition coefficient (Wildman–Crippen LogP) is 6.04. The molecule has 6 N–H and O–H groups in total. The molecule has 4 aliphatic rings. The number of fused-ring (bicyclic) bond motifs is 9. The molecule has 1 heterocycles. The van der Waals surface area contributed by atoms with E-state index in [1.807, 2.05) is 0 Å². The van der Waals surface area contributed by atoms with Gasteiger partial charge < -0.3 is 59.1 Å². The molecule has 5 aromatic carbocycles. The first-order valence-electron chi connectivity index (χ1n) is 20.9. The van der Waals surface area contributed by atoms with Crippen LogP contribution in [0.2, 0.25) is 0 Å². The SMILES string of the molecule is COC1=CC(OC)c2c(O)c3c(c(C4(O)c5cc(C)cc(O)c5C(=O)c5c(OC)cc(OC)cc54)c2C1)CC(C)(O)CC(=O)Oc1c-3c(OC)cc2cc3c(c(O)c12)C(=O)CC(C)(O)C3. The van der Waals surface area contributed by atoms with Crippen LogP contribution in [0.15, 0.2) is 48.2 Å². The summed E-state index contributed by atoms with van der Waals surface area (Å²) in [6.45, 7) is 4.58. The molecule has 0 saturated carbocycles. The molecule has 0 amide bonds. The summed E-state index contributed by atoms with van der Waals surface area (Å²) in [5.41, 5.74) is -5.45. The Morgan fingerprint density at radius 1 is 0.677 bits per heavy atom. The minimum absolute atomic E-state index is 0.00104. The number of Topliss-reactive ketones (excluding diaryl/α,β-unsaturated/α-hetero) is 1. The smallest absolute Gasteiger partial charge is 0.314 e. The molecule has 15 nitrogen and oxygen atoms in total. The van der Waals surface area contributed by atoms with Crippen LogP contribution in [0.5, 0.6) is 40.2 Å². The second-order valence-electron chi connectivity index (χ2n) is 17.9. The van der Waals surface area contributed by atoms with Gasteiger partial charge in [0.2, 0.25) is 5.78 Å². The molecular formula is C50H48O15. The van der Waals surface area contributed by atoms with E-state index in [0.717, 1.165) is 0 Å². The van der Waals surface area contributed by atoms with Crippen molar-refractivity contribution in [1.82, 2.24) is 0 Å². The van der Waals surface area contributed by atoms with Crippen molar-refractivity contribution in [3.8, 4) is 51.4 Å². The third kappa shape index (κ3) is 6.43. The van der Waals surface area contributed by atoms with Crippen LogP contribution in [0.1, 0.15) is 104 Å². The van der Waals surface area contributed by atoms with Crippen LogP contribution in [-0.4, -0.2) is 94.9 Å². The van der Waals surface area contributed by atoms with Crippen LogP contribution in [0.3, 0.4) is 0 Å². The molecule has 0 bridgehead atoms. The van der Waals surface area contributed by atoms with Crippen molar-refractivity contribution in [2.75, 3.05) is 35.5 Å². The number of esters is 1. The van der Waals surface area contributed by atoms with Gasteiger partial charge in [-0.05, 0) is 78.8 Å². The lowest BCUT2D eigenvalue weighted by Gasteiger charge is -2.42. The number of phenols is 3. The van der Waals surface area contributed by atoms with Crippen molar-refractivity contribution >= 4 is 28.3 Å². The number of aliphatic hydroxyl groups is 3. The zero-order valence-electron chi connectivity index (χ0n) is 37.0. The Balaban J connectivity index is 1.55. The van der Waals surface area contributed by atoms with E-state index in [4.69, 9.17) is 28.4 Å². The highest BCUT2D eigenvalue weighted by Crippen LogP contribution is 2.61. The quantitative estimate of drug-likeness (QED) is 0.0844. The van der Waals surface area contributed by atoms with Crippen LogP contribution >= 0.6 is 0 Å². The van der Waals surface area contributed by atoms with Gasteiger partial charge in [-0.2, -0.15) is 0 Å². The standard InChI is InChI=1S/C50H48O15/c1-21-9-28-40(30(51)10-21)46(56)41-29(14-25(61-5)16-34(41)64-8)50(28,59)43-26-13-24(60-4)15-33(63-7)38(26)45(55)39-27(43)18-49(3,58)20-35(53)65-47-37-22(12-32(62-6)42(39)47)11-23-17-48(2,57)19-31(52)36(23)44(37)54/h9-12,14-16,33,51,54-55,57-59H,13,17-20H2,1-8H3. The lowest BCUT2D eigenvalue weighted by molar-refractivity contribution is -0.139. The van der Waals surface area contributed by atoms with Gasteiger partial charge in [0.05, 0.1) is 79.5 Å². The highest BCUT2D eigenvalue weighted by Gasteiger charge is 2.52. The molecule has 5 aromatic rings. The first kappa shape index (κ1) is 43.6. The third-order valence-electron chi connectivity index (χ3n) is 13.2. The summed E-state index contributed by atoms with van der Waals surface area (Å²) >= 11 is 0. The molecule has 65 heavy (non-hydrogen) atoms. The van der Waals surface area contributed by atoms with E-state index in [2.05, 4.69) is 0 Å². The molecule has 338 valence electrons. The summed E-state index contributed by atoms with van der Waals surface area (Å²) < 4.78 is 35.6. The Bertz CT molecular complexity index is 2990. The maximum Gasteiger partial charge on any atom is 0.314 e. The number of benzene rings is 5. The summed E-state index contributed by atoms with van der Waals surface area (Å²) in [5.74, 6) is -3.39. The summed E-state index contributed by atoms with van der Waals surface area (Å²) in [5, 5.41) is 74.9. The van der Waals surface area contributed by atoms with Gasteiger partial charge in [0.15, 0.2) is 11.5 Å². The van der Waals surface area contributed by atoms with Crippen LogP contribution in [0.25, 0.3) is 21.9 Å². The molecule has 1 aliphatic heterocycles. The number of aromatic hydroxyl groups is 3. The van der Waals surface area contributed by atoms with Crippen molar-refractivity contribution in [2.45, 2.75) is 75.8 Å². The van der Waals surface area contributed by atoms with E-state index in [-0.39, 0.29) is 114 Å². The molecule has 15 heteroatoms. The van der Waals surface area contributed by atoms with Crippen molar-refractivity contribution in [2.24, 2.45) is 0 Å². The number of aryl methyl sites for hydroxylation is 1. The maximum absolute atomic E-state index is 14.8. The van der Waals surface area contributed by atoms with Crippen molar-refractivity contribution in [1.29, 1.82) is 0 Å². The van der Waals surface area contributed by atoms with Crippen molar-refractivity contribution < 1.29 is 73.4 Å². The Morgan fingerprint density at radius 2 is 1.35 bits per heavy atom. The normalized spacial score (nSPS) is 23.3. The predicted molar refractivity (Wildman–Crippen MR) is 234 cm³/mol. The number of hydrogen-bond donors (Lipinski definition) is 6. The number of carbonyl (C=O) groups is 3. The van der Waals surface area contributed by atoms with Crippen LogP contribution in [0.4, 0.5) is 0 Å². The maximum atomic E-state index is 14.8. The lowest BCUT2D eigenvalue weighted by Crippen LogP contribution is -2.41. The van der Waals surface area contributed by atoms with Crippen LogP contribution in [-0.2, 0) is 39.1 Å². The zero-order valence-corrected chi connectivity index (χ0v) is 37.0. The van der Waals surface area contributed by atoms with Gasteiger partial charge >= 0.3 is 5.97 Å². The van der Waals surface area contributed by atoms with E-state index in [1.54, 1.807) is 25.1 Å². The zero-order chi connectivity index (χ0) is 46.8. The number of phenolic OH excluding ortho intramolecular Hbond substituents is 3. The van der Waals surface area contributed by atoms with Gasteiger partial charge in [0.1, 0.15) is 46.2 Å². The molecule has 9 rings (SSSR count). The fourth-order valence-corrected chi connectivity index (χ4v) is 10.6. The fourth-order valence-electron chi connectivity index (χ4n) is 10.6. The minimum atomic E-state index is -2.50. The molecule has 0 spiro atoms. The van der Waals surface area contributed by atoms with Gasteiger partial charge in [0, 0.05) is 66.7 Å². The van der Waals surface area contributed by atoms with E-state index in [1.165, 1.54) is 73.7 Å². The number of hydrogen-bond acceptors (Lipinski definition) is 15. The number of methoxy groups -OCH3 is 5. The first-order valence-corrected chi connectivity index (χ1v) is 20.9. The van der Waals surface area contributed by atoms with Gasteiger partial charge in [-0.3, -0.25) is 14.4 Å². The molecule has 3 aliphatic carbocycles. The Morgan fingerprint density at radius 3 is 2.02 bits per heavy atom. The highest BCUT2D eigenvalue weighted by atomic mass is 16.5. The third-order valence-corrected chi connectivity index (χ3v) is 13.2. The van der Waals surface area contributed by atoms with Crippen molar-refractivity contribution in [3.05, 3.63) is 109 Å². The number of allylic oxidation sites excluding steroid dienone is 1. The summed E-state index contributed by atoms with van der Waals surface area (Å²) in [6.07, 6.45) is -0.940. The highest BCUT2D eigenvalue weighted by molar-refractivity contribution is 6.17. The van der Waals surface area contributed by atoms with Gasteiger partial charge in [0.25, 0.3) is 0 Å². The molecule has 0 saturated heterocycles. The van der Waals surface area contributed by atoms with E-state index in [9.17, 15) is 45.0 Å².